The van der Waals surface area contributed by atoms with Crippen LogP contribution in [-0.2, 0) is 23.4 Å². The van der Waals surface area contributed by atoms with Gasteiger partial charge < -0.3 is 29.7 Å². The lowest BCUT2D eigenvalue weighted by Crippen LogP contribution is -2.48. The molecule has 0 aliphatic carbocycles. The van der Waals surface area contributed by atoms with E-state index in [9.17, 15) is 9.59 Å². The fraction of sp³-hybridized carbons (Fsp3) is 0.345. The molecule has 5 aliphatic rings. The van der Waals surface area contributed by atoms with Crippen molar-refractivity contribution in [3.05, 3.63) is 137 Å². The van der Waals surface area contributed by atoms with E-state index in [0.29, 0.717) is 23.0 Å². The summed E-state index contributed by atoms with van der Waals surface area (Å²) in [6.45, 7) is 19.5. The van der Waals surface area contributed by atoms with Crippen LogP contribution in [0.15, 0.2) is 115 Å². The summed E-state index contributed by atoms with van der Waals surface area (Å²) in [6, 6.07) is 19.6. The normalized spacial score (nSPS) is 17.5. The van der Waals surface area contributed by atoms with Gasteiger partial charge in [0.15, 0.2) is 11.6 Å². The second-order valence-corrected chi connectivity index (χ2v) is 22.8. The zero-order valence-corrected chi connectivity index (χ0v) is 51.2. The van der Waals surface area contributed by atoms with E-state index in [4.69, 9.17) is 19.3 Å². The molecule has 13 rings (SSSR count). The first-order valence-corrected chi connectivity index (χ1v) is 27.6. The van der Waals surface area contributed by atoms with Gasteiger partial charge in [-0.1, -0.05) is 0 Å². The van der Waals surface area contributed by atoms with Gasteiger partial charge >= 0.3 is 19.2 Å². The summed E-state index contributed by atoms with van der Waals surface area (Å²) >= 11 is 3.40. The van der Waals surface area contributed by atoms with Crippen LogP contribution in [-0.4, -0.2) is 118 Å². The number of hydrogen-bond acceptors (Lipinski definition) is 14. The first-order chi connectivity index (χ1) is 38.3. The van der Waals surface area contributed by atoms with Crippen LogP contribution < -0.4 is 35.7 Å². The van der Waals surface area contributed by atoms with Gasteiger partial charge in [-0.15, -0.1) is 0 Å². The summed E-state index contributed by atoms with van der Waals surface area (Å²) in [5.41, 5.74) is 13.0. The molecule has 13 heterocycles. The minimum Gasteiger partial charge on any atom is -0.399 e. The lowest BCUT2D eigenvalue weighted by molar-refractivity contribution is 0.00578. The summed E-state index contributed by atoms with van der Waals surface area (Å²) in [5.74, 6) is 1.39. The Morgan fingerprint density at radius 2 is 1.11 bits per heavy atom. The molecule has 4 amide bonds. The molecule has 2 N–H and O–H groups in total. The third kappa shape index (κ3) is 12.1. The van der Waals surface area contributed by atoms with E-state index >= 15 is 0 Å². The van der Waals surface area contributed by atoms with Crippen molar-refractivity contribution in [2.45, 2.75) is 91.5 Å². The smallest absolute Gasteiger partial charge is 0.399 e. The predicted octanol–water partition coefficient (Wildman–Crippen LogP) is 9.68. The molecule has 0 unspecified atom stereocenters. The number of hydrogen-bond donors (Lipinski definition) is 2. The van der Waals surface area contributed by atoms with Crippen LogP contribution in [0.3, 0.4) is 0 Å². The minimum absolute atomic E-state index is 0. The Kier molecular flexibility index (Phi) is 17.2. The van der Waals surface area contributed by atoms with Crippen LogP contribution in [0, 0.1) is 27.7 Å². The maximum Gasteiger partial charge on any atom is 0.498 e. The van der Waals surface area contributed by atoms with E-state index in [2.05, 4.69) is 106 Å². The maximum absolute atomic E-state index is 13.6. The topological polar surface area (TPSA) is 203 Å². The second kappa shape index (κ2) is 23.8. The van der Waals surface area contributed by atoms with E-state index in [1.807, 2.05) is 108 Å². The molecular weight excluding hydrogens is 1140 g/mol. The highest BCUT2D eigenvalue weighted by atomic mass is 79.9. The Balaban J connectivity index is 0.000000156. The molecule has 0 spiro atoms. The largest absolute Gasteiger partial charge is 0.498 e. The zero-order valence-electron chi connectivity index (χ0n) is 47.6. The summed E-state index contributed by atoms with van der Waals surface area (Å²) in [7, 11) is 3.49. The Morgan fingerprint density at radius 3 is 1.57 bits per heavy atom. The molecule has 2 atom stereocenters. The van der Waals surface area contributed by atoms with Crippen molar-refractivity contribution in [3.8, 4) is 33.6 Å². The van der Waals surface area contributed by atoms with Crippen molar-refractivity contribution in [3.63, 3.8) is 0 Å². The lowest BCUT2D eigenvalue weighted by Gasteiger charge is -2.36. The molecule has 5 aliphatic heterocycles. The van der Waals surface area contributed by atoms with Gasteiger partial charge in [-0.3, -0.25) is 39.1 Å². The molecule has 8 aromatic heterocycles. The average molecular weight is 1210 g/mol. The quantitative estimate of drug-likeness (QED) is 0.149. The number of amides is 4. The number of aromatic nitrogens is 10. The Hall–Kier alpha value is -7.38. The molecule has 24 heteroatoms. The molecule has 3 fully saturated rings. The SMILES string of the molecule is Cc1cc(-c2ccc3c(n2)N(C(=O)Nc2cncc(-c4cn(C)nc4C)c2)[C@H]2CCN3C2)ccn1.Cc1cc(-c2ccc3c(n2)N(C(=O)Nc2cncc(Br)c2)[C@H]2CCN3C2)ccn1.Cc1nn(C)cc1B1OC(C)(C)C(C)(C)O1.S.S. The van der Waals surface area contributed by atoms with Gasteiger partial charge in [-0.2, -0.15) is 37.2 Å². The Labute approximate surface area is 500 Å². The summed E-state index contributed by atoms with van der Waals surface area (Å²) in [6.07, 6.45) is 16.1. The monoisotopic (exact) mass is 1210 g/mol. The van der Waals surface area contributed by atoms with Crippen molar-refractivity contribution in [1.82, 2.24) is 49.5 Å². The molecule has 0 radical (unpaired) electrons. The van der Waals surface area contributed by atoms with Crippen LogP contribution in [0.25, 0.3) is 33.6 Å². The number of anilines is 6. The van der Waals surface area contributed by atoms with Gasteiger partial charge in [0, 0.05) is 121 Å². The van der Waals surface area contributed by atoms with Crippen molar-refractivity contribution < 1.29 is 18.9 Å². The first-order valence-electron chi connectivity index (χ1n) is 26.8. The number of nitrogens with zero attached hydrogens (tertiary/aromatic N) is 14. The number of urea groups is 2. The summed E-state index contributed by atoms with van der Waals surface area (Å²) in [4.78, 5) is 62.0. The van der Waals surface area contributed by atoms with E-state index in [-0.39, 0.29) is 69.5 Å². The molecule has 82 heavy (non-hydrogen) atoms. The molecule has 4 bridgehead atoms. The van der Waals surface area contributed by atoms with Gasteiger partial charge in [0.05, 0.1) is 81.2 Å². The van der Waals surface area contributed by atoms with E-state index in [0.717, 1.165) is 117 Å². The number of rotatable bonds is 6. The highest BCUT2D eigenvalue weighted by Crippen LogP contribution is 2.43. The van der Waals surface area contributed by atoms with Crippen molar-refractivity contribution >= 4 is 102 Å². The molecule has 0 aromatic carbocycles. The Bertz CT molecular complexity index is 3660. The molecule has 0 saturated carbocycles. The highest BCUT2D eigenvalue weighted by molar-refractivity contribution is 9.10. The number of nitrogens with one attached hydrogen (secondary N) is 2. The number of halogens is 1. The fourth-order valence-corrected chi connectivity index (χ4v) is 11.2. The third-order valence-corrected chi connectivity index (χ3v) is 16.0. The van der Waals surface area contributed by atoms with E-state index in [1.54, 1.807) is 51.4 Å². The van der Waals surface area contributed by atoms with Crippen molar-refractivity contribution in [2.24, 2.45) is 14.1 Å². The Morgan fingerprint density at radius 1 is 0.622 bits per heavy atom. The van der Waals surface area contributed by atoms with Crippen LogP contribution in [0.5, 0.6) is 0 Å². The molecule has 8 aromatic rings. The zero-order chi connectivity index (χ0) is 56.2. The lowest BCUT2D eigenvalue weighted by atomic mass is 9.79. The fourth-order valence-electron chi connectivity index (χ4n) is 10.9. The van der Waals surface area contributed by atoms with Gasteiger partial charge in [0.1, 0.15) is 0 Å². The number of pyridine rings is 6. The first kappa shape index (κ1) is 59.3. The van der Waals surface area contributed by atoms with Gasteiger partial charge in [0.25, 0.3) is 0 Å². The van der Waals surface area contributed by atoms with E-state index in [1.165, 1.54) is 0 Å². The van der Waals surface area contributed by atoms with Gasteiger partial charge in [-0.25, -0.2) is 19.6 Å². The van der Waals surface area contributed by atoms with Gasteiger partial charge in [0.2, 0.25) is 0 Å². The molecule has 426 valence electrons. The van der Waals surface area contributed by atoms with E-state index < -0.39 is 0 Å². The van der Waals surface area contributed by atoms with Crippen LogP contribution in [0.2, 0.25) is 0 Å². The minimum atomic E-state index is -0.307. The van der Waals surface area contributed by atoms with Crippen LogP contribution in [0.1, 0.15) is 63.3 Å². The number of carbonyl (C=O) groups excluding carboxylic acids is 2. The second-order valence-electron chi connectivity index (χ2n) is 21.9. The molecular formula is C58H68BBrN16O4S2. The van der Waals surface area contributed by atoms with Crippen molar-refractivity contribution in [1.29, 1.82) is 0 Å². The average Bonchev–Trinajstić information content (AvgIpc) is 4.40. The number of carbonyl (C=O) groups is 2. The predicted molar refractivity (Wildman–Crippen MR) is 336 cm³/mol. The van der Waals surface area contributed by atoms with Crippen molar-refractivity contribution in [2.75, 3.05) is 56.4 Å². The third-order valence-electron chi connectivity index (χ3n) is 15.6. The molecule has 20 nitrogen and oxygen atoms in total. The summed E-state index contributed by atoms with van der Waals surface area (Å²) < 4.78 is 16.3. The standard InChI is InChI=1S/C26H26N8O.C21H19BrN6O.C11H19BN2O2.2H2S/c1-16-10-18(6-8-28-16)23-4-5-24-25(30-23)34(21-7-9-33(24)14-21)26(35)29-20-11-19(12-27-13-20)22-15-32(3)31-17(22)2;1-13-8-14(4-6-24-13)18-2-3-19-20(26-18)28(17-5-7-27(19)12-17)21(29)25-16-9-15(22)10-23-11-16;1-8-9(7-14(6)13-8)12-15-10(2,3)11(4,5)16-12;;/h4-6,8,10-13,15,21H,7,9,14H2,1-3H3,(H,29,35);2-4,6,8-11,17H,5,7,12H2,1H3,(H,25,29);7H,1-6H3;2*1H2/t21-;17-;;;/m00.../s1. The highest BCUT2D eigenvalue weighted by Gasteiger charge is 2.52. The molecule has 3 saturated heterocycles. The maximum atomic E-state index is 13.6. The summed E-state index contributed by atoms with van der Waals surface area (Å²) in [5, 5.41) is 14.8. The van der Waals surface area contributed by atoms with Crippen LogP contribution >= 0.6 is 42.9 Å². The number of aryl methyl sites for hydroxylation is 6. The van der Waals surface area contributed by atoms with Gasteiger partial charge in [-0.05, 0) is 145 Å². The van der Waals surface area contributed by atoms with Crippen LogP contribution in [0.4, 0.5) is 44.0 Å². The number of fused-ring (bicyclic) bond motifs is 8.